The number of anilines is 1. The van der Waals surface area contributed by atoms with Crippen molar-refractivity contribution in [2.45, 2.75) is 51.3 Å². The van der Waals surface area contributed by atoms with Gasteiger partial charge in [-0.15, -0.1) is 0 Å². The van der Waals surface area contributed by atoms with Crippen molar-refractivity contribution < 1.29 is 9.53 Å². The second-order valence-electron chi connectivity index (χ2n) is 6.28. The minimum atomic E-state index is -0.472. The van der Waals surface area contributed by atoms with Crippen molar-refractivity contribution in [3.63, 3.8) is 0 Å². The van der Waals surface area contributed by atoms with E-state index in [1.54, 1.807) is 18.2 Å². The van der Waals surface area contributed by atoms with Gasteiger partial charge in [-0.3, -0.25) is 0 Å². The van der Waals surface area contributed by atoms with Gasteiger partial charge in [0.15, 0.2) is 0 Å². The fraction of sp³-hybridized carbons (Fsp3) is 0.533. The van der Waals surface area contributed by atoms with Gasteiger partial charge in [-0.2, -0.15) is 0 Å². The van der Waals surface area contributed by atoms with Crippen LogP contribution in [0.1, 0.15) is 33.6 Å². The van der Waals surface area contributed by atoms with Gasteiger partial charge in [-0.1, -0.05) is 23.2 Å². The monoisotopic (exact) mass is 330 g/mol. The molecule has 0 atom stereocenters. The van der Waals surface area contributed by atoms with E-state index in [2.05, 4.69) is 10.6 Å². The first kappa shape index (κ1) is 16.2. The average molecular weight is 331 g/mol. The van der Waals surface area contributed by atoms with Crippen LogP contribution in [-0.4, -0.2) is 23.8 Å². The molecule has 0 spiro atoms. The Hall–Kier alpha value is -1.13. The van der Waals surface area contributed by atoms with E-state index in [-0.39, 0.29) is 18.2 Å². The Bertz CT molecular complexity index is 523. The van der Waals surface area contributed by atoms with Gasteiger partial charge in [0.25, 0.3) is 0 Å². The molecule has 21 heavy (non-hydrogen) atoms. The predicted octanol–water partition coefficient (Wildman–Crippen LogP) is 4.46. The Kier molecular flexibility index (Phi) is 4.89. The number of carbonyl (C=O) groups excluding carboxylic acids is 1. The van der Waals surface area contributed by atoms with E-state index in [1.807, 2.05) is 20.8 Å². The maximum Gasteiger partial charge on any atom is 0.407 e. The molecular weight excluding hydrogens is 311 g/mol. The van der Waals surface area contributed by atoms with Crippen molar-refractivity contribution >= 4 is 35.0 Å². The molecule has 2 rings (SSSR count). The molecule has 0 bridgehead atoms. The number of rotatable bonds is 3. The van der Waals surface area contributed by atoms with Crippen LogP contribution in [0.25, 0.3) is 0 Å². The van der Waals surface area contributed by atoms with E-state index < -0.39 is 5.60 Å². The van der Waals surface area contributed by atoms with E-state index in [0.29, 0.717) is 10.0 Å². The van der Waals surface area contributed by atoms with Gasteiger partial charge in [-0.05, 0) is 51.8 Å². The first-order valence-corrected chi connectivity index (χ1v) is 7.69. The summed E-state index contributed by atoms with van der Waals surface area (Å²) in [6.45, 7) is 5.54. The summed E-state index contributed by atoms with van der Waals surface area (Å²) >= 11 is 12.1. The SMILES string of the molecule is CC(C)(C)OC(=O)NC1CC(Nc2cc(Cl)ccc2Cl)C1. The van der Waals surface area contributed by atoms with E-state index in [1.165, 1.54) is 0 Å². The van der Waals surface area contributed by atoms with Gasteiger partial charge in [0.2, 0.25) is 0 Å². The molecule has 116 valence electrons. The lowest BCUT2D eigenvalue weighted by atomic mass is 9.86. The predicted molar refractivity (Wildman–Crippen MR) is 86.3 cm³/mol. The second kappa shape index (κ2) is 6.32. The first-order chi connectivity index (χ1) is 9.73. The molecule has 0 saturated heterocycles. The van der Waals surface area contributed by atoms with Crippen LogP contribution in [0.5, 0.6) is 0 Å². The number of alkyl carbamates (subject to hydrolysis) is 1. The third kappa shape index (κ3) is 4.97. The normalized spacial score (nSPS) is 21.4. The van der Waals surface area contributed by atoms with Gasteiger partial charge >= 0.3 is 6.09 Å². The van der Waals surface area contributed by atoms with Crippen LogP contribution in [0.15, 0.2) is 18.2 Å². The minimum Gasteiger partial charge on any atom is -0.444 e. The first-order valence-electron chi connectivity index (χ1n) is 6.94. The molecule has 1 amide bonds. The molecule has 0 heterocycles. The fourth-order valence-corrected chi connectivity index (χ4v) is 2.50. The van der Waals surface area contributed by atoms with E-state index in [0.717, 1.165) is 18.5 Å². The van der Waals surface area contributed by atoms with Crippen molar-refractivity contribution in [1.82, 2.24) is 5.32 Å². The average Bonchev–Trinajstić information content (AvgIpc) is 2.28. The zero-order valence-corrected chi connectivity index (χ0v) is 13.9. The van der Waals surface area contributed by atoms with Crippen LogP contribution in [0, 0.1) is 0 Å². The highest BCUT2D eigenvalue weighted by molar-refractivity contribution is 6.35. The van der Waals surface area contributed by atoms with Crippen LogP contribution in [0.2, 0.25) is 10.0 Å². The molecule has 0 unspecified atom stereocenters. The summed E-state index contributed by atoms with van der Waals surface area (Å²) in [5.41, 5.74) is 0.352. The van der Waals surface area contributed by atoms with Crippen molar-refractivity contribution in [2.75, 3.05) is 5.32 Å². The quantitative estimate of drug-likeness (QED) is 0.860. The maximum atomic E-state index is 11.6. The highest BCUT2D eigenvalue weighted by atomic mass is 35.5. The Balaban J connectivity index is 1.77. The number of halogens is 2. The third-order valence-corrected chi connectivity index (χ3v) is 3.71. The van der Waals surface area contributed by atoms with E-state index in [9.17, 15) is 4.79 Å². The number of carbonyl (C=O) groups is 1. The van der Waals surface area contributed by atoms with Crippen LogP contribution < -0.4 is 10.6 Å². The van der Waals surface area contributed by atoms with Crippen molar-refractivity contribution in [1.29, 1.82) is 0 Å². The second-order valence-corrected chi connectivity index (χ2v) is 7.12. The minimum absolute atomic E-state index is 0.135. The summed E-state index contributed by atoms with van der Waals surface area (Å²) in [6.07, 6.45) is 1.30. The summed E-state index contributed by atoms with van der Waals surface area (Å²) in [7, 11) is 0. The molecule has 6 heteroatoms. The molecule has 4 nitrogen and oxygen atoms in total. The molecule has 0 aromatic heterocycles. The summed E-state index contributed by atoms with van der Waals surface area (Å²) in [5, 5.41) is 7.47. The number of hydrogen-bond acceptors (Lipinski definition) is 3. The van der Waals surface area contributed by atoms with Crippen molar-refractivity contribution in [2.24, 2.45) is 0 Å². The topological polar surface area (TPSA) is 50.4 Å². The zero-order valence-electron chi connectivity index (χ0n) is 12.4. The summed E-state index contributed by atoms with van der Waals surface area (Å²) < 4.78 is 5.22. The van der Waals surface area contributed by atoms with Crippen LogP contribution in [0.4, 0.5) is 10.5 Å². The number of benzene rings is 1. The third-order valence-electron chi connectivity index (χ3n) is 3.15. The molecule has 1 aromatic carbocycles. The Morgan fingerprint density at radius 3 is 2.52 bits per heavy atom. The Morgan fingerprint density at radius 1 is 1.24 bits per heavy atom. The molecule has 1 aliphatic rings. The van der Waals surface area contributed by atoms with Gasteiger partial charge in [0.1, 0.15) is 5.60 Å². The summed E-state index contributed by atoms with van der Waals surface area (Å²) in [6, 6.07) is 5.74. The lowest BCUT2D eigenvalue weighted by Crippen LogP contribution is -2.50. The van der Waals surface area contributed by atoms with E-state index in [4.69, 9.17) is 27.9 Å². The van der Waals surface area contributed by atoms with E-state index >= 15 is 0 Å². The molecular formula is C15H20Cl2N2O2. The number of amides is 1. The fourth-order valence-electron chi connectivity index (χ4n) is 2.16. The lowest BCUT2D eigenvalue weighted by molar-refractivity contribution is 0.0475. The van der Waals surface area contributed by atoms with Gasteiger partial charge in [0, 0.05) is 17.1 Å². The standard InChI is InChI=1S/C15H20Cl2N2O2/c1-15(2,3)21-14(20)19-11-7-10(8-11)18-13-6-9(16)4-5-12(13)17/h4-6,10-11,18H,7-8H2,1-3H3,(H,19,20). The maximum absolute atomic E-state index is 11.6. The molecule has 1 aromatic rings. The molecule has 1 saturated carbocycles. The summed E-state index contributed by atoms with van der Waals surface area (Å²) in [4.78, 5) is 11.6. The Labute approximate surface area is 135 Å². The number of nitrogens with one attached hydrogen (secondary N) is 2. The van der Waals surface area contributed by atoms with Gasteiger partial charge < -0.3 is 15.4 Å². The number of hydrogen-bond donors (Lipinski definition) is 2. The van der Waals surface area contributed by atoms with Crippen LogP contribution >= 0.6 is 23.2 Å². The smallest absolute Gasteiger partial charge is 0.407 e. The number of ether oxygens (including phenoxy) is 1. The lowest BCUT2D eigenvalue weighted by Gasteiger charge is -2.37. The van der Waals surface area contributed by atoms with Crippen LogP contribution in [0.3, 0.4) is 0 Å². The van der Waals surface area contributed by atoms with Gasteiger partial charge in [0.05, 0.1) is 10.7 Å². The highest BCUT2D eigenvalue weighted by Crippen LogP contribution is 2.30. The highest BCUT2D eigenvalue weighted by Gasteiger charge is 2.31. The largest absolute Gasteiger partial charge is 0.444 e. The Morgan fingerprint density at radius 2 is 1.90 bits per heavy atom. The molecule has 0 aliphatic heterocycles. The molecule has 0 radical (unpaired) electrons. The van der Waals surface area contributed by atoms with Crippen molar-refractivity contribution in [3.05, 3.63) is 28.2 Å². The summed E-state index contributed by atoms with van der Waals surface area (Å²) in [5.74, 6) is 0. The molecule has 2 N–H and O–H groups in total. The van der Waals surface area contributed by atoms with Gasteiger partial charge in [-0.25, -0.2) is 4.79 Å². The van der Waals surface area contributed by atoms with Crippen LogP contribution in [-0.2, 0) is 4.74 Å². The molecule has 1 aliphatic carbocycles. The van der Waals surface area contributed by atoms with Crippen molar-refractivity contribution in [3.8, 4) is 0 Å². The molecule has 1 fully saturated rings. The zero-order chi connectivity index (χ0) is 15.6.